The summed E-state index contributed by atoms with van der Waals surface area (Å²) in [5.74, 6) is 0. The van der Waals surface area contributed by atoms with Crippen LogP contribution in [0.2, 0.25) is 0 Å². The van der Waals surface area contributed by atoms with Gasteiger partial charge in [0.15, 0.2) is 0 Å². The molecule has 3 rings (SSSR count). The third-order valence-corrected chi connectivity index (χ3v) is 3.09. The van der Waals surface area contributed by atoms with Crippen molar-refractivity contribution in [1.82, 2.24) is 0 Å². The van der Waals surface area contributed by atoms with E-state index in [-0.39, 0.29) is 0 Å². The molecule has 0 atom stereocenters. The van der Waals surface area contributed by atoms with Gasteiger partial charge < -0.3 is 0 Å². The highest BCUT2D eigenvalue weighted by Gasteiger charge is 2.54. The Balaban J connectivity index is 2.11. The fourth-order valence-corrected chi connectivity index (χ4v) is 2.21. The molecule has 1 spiro atoms. The molecular weight excluding hydrogens is 96.1 g/mol. The zero-order valence-electron chi connectivity index (χ0n) is 5.04. The molecule has 0 bridgehead atoms. The average molecular weight is 106 g/mol. The normalized spacial score (nSPS) is 36.0. The summed E-state index contributed by atoms with van der Waals surface area (Å²) in [5, 5.41) is 0. The topological polar surface area (TPSA) is 0 Å². The maximum Gasteiger partial charge on any atom is -0.00784 e. The molecule has 0 unspecified atom stereocenters. The van der Waals surface area contributed by atoms with Crippen molar-refractivity contribution in [2.45, 2.75) is 32.1 Å². The van der Waals surface area contributed by atoms with Gasteiger partial charge in [0, 0.05) is 0 Å². The van der Waals surface area contributed by atoms with Crippen LogP contribution < -0.4 is 0 Å². The molecule has 0 aromatic rings. The second kappa shape index (κ2) is 0.792. The number of hydrogen-bond acceptors (Lipinski definition) is 0. The first-order valence-corrected chi connectivity index (χ1v) is 3.62. The van der Waals surface area contributed by atoms with Crippen LogP contribution in [-0.4, -0.2) is 0 Å². The molecular formula is C8H10. The predicted octanol–water partition coefficient (Wildman–Crippen LogP) is 2.26. The lowest BCUT2D eigenvalue weighted by molar-refractivity contribution is 0.577. The molecule has 0 radical (unpaired) electrons. The number of allylic oxidation sites excluding steroid dienone is 2. The standard InChI is InChI=1S/C8H10/c1-2-8(3-4-8)7-5-6(1)7/h1-5H2. The first kappa shape index (κ1) is 3.71. The quantitative estimate of drug-likeness (QED) is 0.415. The molecule has 3 aliphatic carbocycles. The van der Waals surface area contributed by atoms with E-state index in [2.05, 4.69) is 0 Å². The van der Waals surface area contributed by atoms with Gasteiger partial charge in [-0.2, -0.15) is 0 Å². The highest BCUT2D eigenvalue weighted by atomic mass is 14.6. The lowest BCUT2D eigenvalue weighted by Gasteiger charge is -2.05. The molecule has 0 saturated heterocycles. The number of hydrogen-bond donors (Lipinski definition) is 0. The molecule has 42 valence electrons. The summed E-state index contributed by atoms with van der Waals surface area (Å²) in [6.45, 7) is 0. The minimum absolute atomic E-state index is 0.856. The summed E-state index contributed by atoms with van der Waals surface area (Å²) in [5.41, 5.74) is 4.58. The summed E-state index contributed by atoms with van der Waals surface area (Å²) in [6, 6.07) is 0. The Hall–Kier alpha value is -0.260. The van der Waals surface area contributed by atoms with Crippen molar-refractivity contribution in [1.29, 1.82) is 0 Å². The molecule has 1 fully saturated rings. The third-order valence-electron chi connectivity index (χ3n) is 3.09. The highest BCUT2D eigenvalue weighted by molar-refractivity contribution is 5.48. The van der Waals surface area contributed by atoms with Crippen LogP contribution in [0, 0.1) is 5.41 Å². The first-order chi connectivity index (χ1) is 3.91. The highest BCUT2D eigenvalue weighted by Crippen LogP contribution is 2.69. The Morgan fingerprint density at radius 3 is 2.25 bits per heavy atom. The molecule has 0 N–H and O–H groups in total. The van der Waals surface area contributed by atoms with Crippen molar-refractivity contribution in [3.05, 3.63) is 11.1 Å². The van der Waals surface area contributed by atoms with Gasteiger partial charge in [0.05, 0.1) is 0 Å². The molecule has 8 heavy (non-hydrogen) atoms. The molecule has 0 aliphatic heterocycles. The van der Waals surface area contributed by atoms with Crippen LogP contribution >= 0.6 is 0 Å². The van der Waals surface area contributed by atoms with Gasteiger partial charge in [-0.25, -0.2) is 0 Å². The van der Waals surface area contributed by atoms with Gasteiger partial charge in [-0.3, -0.25) is 0 Å². The van der Waals surface area contributed by atoms with Gasteiger partial charge in [-0.1, -0.05) is 11.1 Å². The summed E-state index contributed by atoms with van der Waals surface area (Å²) in [4.78, 5) is 0. The molecule has 1 saturated carbocycles. The Morgan fingerprint density at radius 2 is 2.00 bits per heavy atom. The van der Waals surface area contributed by atoms with Crippen LogP contribution in [0.15, 0.2) is 11.1 Å². The third kappa shape index (κ3) is 0.249. The molecule has 0 heterocycles. The van der Waals surface area contributed by atoms with Crippen LogP contribution in [0.5, 0.6) is 0 Å². The van der Waals surface area contributed by atoms with E-state index in [1.165, 1.54) is 32.1 Å². The van der Waals surface area contributed by atoms with E-state index in [1.807, 2.05) is 11.1 Å². The minimum Gasteiger partial charge on any atom is -0.0660 e. The van der Waals surface area contributed by atoms with Gasteiger partial charge in [-0.15, -0.1) is 0 Å². The van der Waals surface area contributed by atoms with Crippen LogP contribution in [0.25, 0.3) is 0 Å². The monoisotopic (exact) mass is 106 g/mol. The molecule has 3 aliphatic rings. The fourth-order valence-electron chi connectivity index (χ4n) is 2.21. The van der Waals surface area contributed by atoms with Crippen LogP contribution in [0.4, 0.5) is 0 Å². The summed E-state index contributed by atoms with van der Waals surface area (Å²) in [6.07, 6.45) is 7.50. The van der Waals surface area contributed by atoms with Crippen molar-refractivity contribution in [2.75, 3.05) is 0 Å². The second-order valence-corrected chi connectivity index (χ2v) is 3.54. The lowest BCUT2D eigenvalue weighted by Crippen LogP contribution is -1.93. The van der Waals surface area contributed by atoms with E-state index in [1.54, 1.807) is 0 Å². The SMILES string of the molecule is C1CC2(CC2)C2=C1C2. The van der Waals surface area contributed by atoms with Crippen molar-refractivity contribution >= 4 is 0 Å². The number of fused-ring (bicyclic) bond motifs is 1. The van der Waals surface area contributed by atoms with Crippen molar-refractivity contribution in [2.24, 2.45) is 5.41 Å². The predicted molar refractivity (Wildman–Crippen MR) is 32.5 cm³/mol. The zero-order chi connectivity index (χ0) is 5.19. The van der Waals surface area contributed by atoms with Crippen molar-refractivity contribution < 1.29 is 0 Å². The van der Waals surface area contributed by atoms with Gasteiger partial charge in [0.25, 0.3) is 0 Å². The zero-order valence-corrected chi connectivity index (χ0v) is 5.04. The maximum absolute atomic E-state index is 1.89. The van der Waals surface area contributed by atoms with Gasteiger partial charge in [0.2, 0.25) is 0 Å². The van der Waals surface area contributed by atoms with E-state index in [9.17, 15) is 0 Å². The fraction of sp³-hybridized carbons (Fsp3) is 0.750. The van der Waals surface area contributed by atoms with Gasteiger partial charge >= 0.3 is 0 Å². The Bertz CT molecular complexity index is 182. The summed E-state index contributed by atoms with van der Waals surface area (Å²) in [7, 11) is 0. The Labute approximate surface area is 49.6 Å². The smallest absolute Gasteiger partial charge is 0.00784 e. The van der Waals surface area contributed by atoms with Crippen molar-refractivity contribution in [3.8, 4) is 0 Å². The van der Waals surface area contributed by atoms with Crippen molar-refractivity contribution in [3.63, 3.8) is 0 Å². The molecule has 0 aromatic heterocycles. The Morgan fingerprint density at radius 1 is 1.12 bits per heavy atom. The summed E-state index contributed by atoms with van der Waals surface area (Å²) < 4.78 is 0. The molecule has 0 amide bonds. The molecule has 0 nitrogen and oxygen atoms in total. The van der Waals surface area contributed by atoms with E-state index in [0.29, 0.717) is 0 Å². The average Bonchev–Trinajstić information content (AvgIpc) is 2.46. The van der Waals surface area contributed by atoms with Gasteiger partial charge in [0.1, 0.15) is 0 Å². The van der Waals surface area contributed by atoms with E-state index in [0.717, 1.165) is 5.41 Å². The van der Waals surface area contributed by atoms with E-state index >= 15 is 0 Å². The molecule has 0 heteroatoms. The maximum atomic E-state index is 1.89. The van der Waals surface area contributed by atoms with Crippen LogP contribution in [0.3, 0.4) is 0 Å². The van der Waals surface area contributed by atoms with Crippen LogP contribution in [0.1, 0.15) is 32.1 Å². The number of rotatable bonds is 0. The van der Waals surface area contributed by atoms with Gasteiger partial charge in [-0.05, 0) is 37.5 Å². The first-order valence-electron chi connectivity index (χ1n) is 3.62. The van der Waals surface area contributed by atoms with Crippen LogP contribution in [-0.2, 0) is 0 Å². The van der Waals surface area contributed by atoms with E-state index < -0.39 is 0 Å². The Kier molecular flexibility index (Phi) is 0.367. The largest absolute Gasteiger partial charge is 0.0660 e. The molecule has 0 aromatic carbocycles. The summed E-state index contributed by atoms with van der Waals surface area (Å²) >= 11 is 0. The lowest BCUT2D eigenvalue weighted by atomic mass is 9.99. The minimum atomic E-state index is 0.856. The van der Waals surface area contributed by atoms with E-state index in [4.69, 9.17) is 0 Å². The second-order valence-electron chi connectivity index (χ2n) is 3.54.